The van der Waals surface area contributed by atoms with Gasteiger partial charge in [-0.3, -0.25) is 9.59 Å². The zero-order valence-electron chi connectivity index (χ0n) is 15.6. The minimum Gasteiger partial charge on any atom is -0.338 e. The lowest BCUT2D eigenvalue weighted by molar-refractivity contribution is -0.129. The van der Waals surface area contributed by atoms with Crippen molar-refractivity contribution in [3.63, 3.8) is 0 Å². The topological polar surface area (TPSA) is 66.4 Å². The second kappa shape index (κ2) is 7.47. The summed E-state index contributed by atoms with van der Waals surface area (Å²) < 4.78 is 0. The highest BCUT2D eigenvalue weighted by Gasteiger charge is 2.31. The van der Waals surface area contributed by atoms with Gasteiger partial charge >= 0.3 is 0 Å². The maximum atomic E-state index is 13.0. The Labute approximate surface area is 159 Å². The van der Waals surface area contributed by atoms with Crippen molar-refractivity contribution in [1.82, 2.24) is 19.8 Å². The molecule has 27 heavy (non-hydrogen) atoms. The first-order chi connectivity index (χ1) is 13.1. The molecule has 3 heterocycles. The number of hydrogen-bond acceptors (Lipinski definition) is 4. The van der Waals surface area contributed by atoms with E-state index in [0.29, 0.717) is 18.7 Å². The quantitative estimate of drug-likeness (QED) is 0.822. The summed E-state index contributed by atoms with van der Waals surface area (Å²) in [6, 6.07) is 9.34. The molecule has 2 amide bonds. The van der Waals surface area contributed by atoms with Gasteiger partial charge in [-0.1, -0.05) is 18.2 Å². The smallest absolute Gasteiger partial charge is 0.254 e. The van der Waals surface area contributed by atoms with Crippen molar-refractivity contribution in [2.45, 2.75) is 45.2 Å². The summed E-state index contributed by atoms with van der Waals surface area (Å²) in [5.74, 6) is 0.857. The van der Waals surface area contributed by atoms with Crippen LogP contribution in [0.5, 0.6) is 0 Å². The molecule has 2 aliphatic rings. The van der Waals surface area contributed by atoms with Crippen LogP contribution in [0.1, 0.15) is 59.7 Å². The molecule has 1 aromatic carbocycles. The van der Waals surface area contributed by atoms with Gasteiger partial charge in [-0.25, -0.2) is 9.97 Å². The highest BCUT2D eigenvalue weighted by molar-refractivity contribution is 5.94. The first-order valence-electron chi connectivity index (χ1n) is 9.59. The van der Waals surface area contributed by atoms with Gasteiger partial charge in [0.15, 0.2) is 5.82 Å². The van der Waals surface area contributed by atoms with Gasteiger partial charge < -0.3 is 9.80 Å². The van der Waals surface area contributed by atoms with Crippen molar-refractivity contribution in [2.75, 3.05) is 13.1 Å². The van der Waals surface area contributed by atoms with Crippen molar-refractivity contribution in [3.8, 4) is 0 Å². The molecule has 140 valence electrons. The Kier molecular flexibility index (Phi) is 4.88. The summed E-state index contributed by atoms with van der Waals surface area (Å²) in [5, 5.41) is 0. The number of carbonyl (C=O) groups is 2. The number of amides is 2. The molecule has 0 N–H and O–H groups in total. The molecule has 0 bridgehead atoms. The zero-order chi connectivity index (χ0) is 18.8. The number of piperidine rings is 1. The molecular weight excluding hydrogens is 340 g/mol. The molecule has 1 atom stereocenters. The second-order valence-electron chi connectivity index (χ2n) is 7.27. The SMILES string of the molecule is CC(=O)N1CCc2nc([C@@H]3CCCCN3C(=O)c3ccccc3)ncc2C1. The Morgan fingerprint density at radius 2 is 1.93 bits per heavy atom. The van der Waals surface area contributed by atoms with Crippen LogP contribution in [0.15, 0.2) is 36.5 Å². The van der Waals surface area contributed by atoms with E-state index in [1.807, 2.05) is 46.3 Å². The van der Waals surface area contributed by atoms with E-state index in [0.717, 1.165) is 49.3 Å². The molecule has 2 aliphatic heterocycles. The first-order valence-corrected chi connectivity index (χ1v) is 9.59. The number of fused-ring (bicyclic) bond motifs is 1. The van der Waals surface area contributed by atoms with E-state index in [2.05, 4.69) is 4.98 Å². The van der Waals surface area contributed by atoms with Crippen molar-refractivity contribution in [2.24, 2.45) is 0 Å². The Hall–Kier alpha value is -2.76. The van der Waals surface area contributed by atoms with Crippen LogP contribution in [0, 0.1) is 0 Å². The normalized spacial score (nSPS) is 19.5. The third kappa shape index (κ3) is 3.56. The summed E-state index contributed by atoms with van der Waals surface area (Å²) in [7, 11) is 0. The Morgan fingerprint density at radius 1 is 1.11 bits per heavy atom. The lowest BCUT2D eigenvalue weighted by Crippen LogP contribution is -2.40. The van der Waals surface area contributed by atoms with Crippen LogP contribution in [0.3, 0.4) is 0 Å². The van der Waals surface area contributed by atoms with Crippen molar-refractivity contribution >= 4 is 11.8 Å². The number of rotatable bonds is 2. The molecule has 1 fully saturated rings. The summed E-state index contributed by atoms with van der Waals surface area (Å²) in [6.07, 6.45) is 5.54. The van der Waals surface area contributed by atoms with Crippen LogP contribution in [-0.4, -0.2) is 44.7 Å². The van der Waals surface area contributed by atoms with Crippen LogP contribution < -0.4 is 0 Å². The average molecular weight is 364 g/mol. The molecule has 6 heteroatoms. The van der Waals surface area contributed by atoms with Gasteiger partial charge in [0, 0.05) is 50.3 Å². The average Bonchev–Trinajstić information content (AvgIpc) is 2.73. The van der Waals surface area contributed by atoms with Crippen LogP contribution in [-0.2, 0) is 17.8 Å². The molecule has 0 aliphatic carbocycles. The minimum atomic E-state index is -0.0809. The van der Waals surface area contributed by atoms with E-state index in [9.17, 15) is 9.59 Å². The number of carbonyl (C=O) groups excluding carboxylic acids is 2. The van der Waals surface area contributed by atoms with Crippen molar-refractivity contribution in [3.05, 3.63) is 59.2 Å². The third-order valence-corrected chi connectivity index (χ3v) is 5.48. The highest BCUT2D eigenvalue weighted by atomic mass is 16.2. The van der Waals surface area contributed by atoms with E-state index in [1.54, 1.807) is 6.92 Å². The number of likely N-dealkylation sites (tertiary alicyclic amines) is 1. The van der Waals surface area contributed by atoms with Crippen molar-refractivity contribution < 1.29 is 9.59 Å². The van der Waals surface area contributed by atoms with Gasteiger partial charge in [0.2, 0.25) is 5.91 Å². The fraction of sp³-hybridized carbons (Fsp3) is 0.429. The number of nitrogens with zero attached hydrogens (tertiary/aromatic N) is 4. The predicted octanol–water partition coefficient (Wildman–Crippen LogP) is 2.75. The molecule has 0 saturated carbocycles. The maximum Gasteiger partial charge on any atom is 0.254 e. The lowest BCUT2D eigenvalue weighted by atomic mass is 9.99. The summed E-state index contributed by atoms with van der Waals surface area (Å²) in [5.41, 5.74) is 2.73. The number of benzene rings is 1. The molecule has 1 aromatic heterocycles. The lowest BCUT2D eigenvalue weighted by Gasteiger charge is -2.35. The summed E-state index contributed by atoms with van der Waals surface area (Å²) in [4.78, 5) is 37.8. The molecule has 6 nitrogen and oxygen atoms in total. The Morgan fingerprint density at radius 3 is 2.70 bits per heavy atom. The van der Waals surface area contributed by atoms with Crippen LogP contribution in [0.4, 0.5) is 0 Å². The molecule has 0 spiro atoms. The van der Waals surface area contributed by atoms with Crippen LogP contribution >= 0.6 is 0 Å². The van der Waals surface area contributed by atoms with Gasteiger partial charge in [0.1, 0.15) is 0 Å². The molecule has 2 aromatic rings. The molecule has 0 unspecified atom stereocenters. The monoisotopic (exact) mass is 364 g/mol. The fourth-order valence-electron chi connectivity index (χ4n) is 3.95. The van der Waals surface area contributed by atoms with E-state index in [1.165, 1.54) is 0 Å². The van der Waals surface area contributed by atoms with Crippen molar-refractivity contribution in [1.29, 1.82) is 0 Å². The zero-order valence-corrected chi connectivity index (χ0v) is 15.6. The Bertz CT molecular complexity index is 853. The van der Waals surface area contributed by atoms with E-state index in [4.69, 9.17) is 4.98 Å². The molecule has 4 rings (SSSR count). The van der Waals surface area contributed by atoms with E-state index >= 15 is 0 Å². The summed E-state index contributed by atoms with van der Waals surface area (Å²) >= 11 is 0. The molecule has 0 radical (unpaired) electrons. The molecule has 1 saturated heterocycles. The van der Waals surface area contributed by atoms with Gasteiger partial charge in [-0.15, -0.1) is 0 Å². The predicted molar refractivity (Wildman–Crippen MR) is 101 cm³/mol. The standard InChI is InChI=1S/C21H24N4O2/c1-15(26)24-12-10-18-17(14-24)13-22-20(23-18)19-9-5-6-11-25(19)21(27)16-7-3-2-4-8-16/h2-4,7-8,13,19H,5-6,9-12,14H2,1H3/t19-/m0/s1. The second-order valence-corrected chi connectivity index (χ2v) is 7.27. The number of aromatic nitrogens is 2. The van der Waals surface area contributed by atoms with E-state index < -0.39 is 0 Å². The maximum absolute atomic E-state index is 13.0. The third-order valence-electron chi connectivity index (χ3n) is 5.48. The van der Waals surface area contributed by atoms with Gasteiger partial charge in [0.25, 0.3) is 5.91 Å². The van der Waals surface area contributed by atoms with Crippen LogP contribution in [0.2, 0.25) is 0 Å². The number of hydrogen-bond donors (Lipinski definition) is 0. The molecular formula is C21H24N4O2. The van der Waals surface area contributed by atoms with Gasteiger partial charge in [0.05, 0.1) is 11.7 Å². The highest BCUT2D eigenvalue weighted by Crippen LogP contribution is 2.31. The minimum absolute atomic E-state index is 0.0457. The largest absolute Gasteiger partial charge is 0.338 e. The van der Waals surface area contributed by atoms with Gasteiger partial charge in [-0.05, 0) is 31.4 Å². The van der Waals surface area contributed by atoms with E-state index in [-0.39, 0.29) is 17.9 Å². The first kappa shape index (κ1) is 17.6. The Balaban J connectivity index is 1.59. The summed E-state index contributed by atoms with van der Waals surface area (Å²) in [6.45, 7) is 3.59. The van der Waals surface area contributed by atoms with Gasteiger partial charge in [-0.2, -0.15) is 0 Å². The fourth-order valence-corrected chi connectivity index (χ4v) is 3.95. The van der Waals surface area contributed by atoms with Crippen LogP contribution in [0.25, 0.3) is 0 Å².